The maximum absolute atomic E-state index is 13.2. The number of aromatic nitrogens is 1. The van der Waals surface area contributed by atoms with Crippen molar-refractivity contribution in [3.05, 3.63) is 52.7 Å². The predicted molar refractivity (Wildman–Crippen MR) is 110 cm³/mol. The second-order valence-electron chi connectivity index (χ2n) is 7.68. The highest BCUT2D eigenvalue weighted by molar-refractivity contribution is 7.89. The number of carbonyl (C=O) groups is 1. The van der Waals surface area contributed by atoms with Crippen molar-refractivity contribution in [1.82, 2.24) is 9.29 Å². The Morgan fingerprint density at radius 3 is 2.46 bits per heavy atom. The van der Waals surface area contributed by atoms with Crippen molar-refractivity contribution in [3.8, 4) is 0 Å². The summed E-state index contributed by atoms with van der Waals surface area (Å²) in [5.74, 6) is 0.607. The molecule has 0 spiro atoms. The van der Waals surface area contributed by atoms with Crippen LogP contribution >= 0.6 is 0 Å². The molecule has 1 aliphatic heterocycles. The maximum atomic E-state index is 13.2. The lowest BCUT2D eigenvalue weighted by Crippen LogP contribution is -2.38. The van der Waals surface area contributed by atoms with E-state index in [1.807, 2.05) is 19.9 Å². The fourth-order valence-electron chi connectivity index (χ4n) is 3.38. The summed E-state index contributed by atoms with van der Waals surface area (Å²) >= 11 is 0. The summed E-state index contributed by atoms with van der Waals surface area (Å²) in [6.45, 7) is 8.71. The van der Waals surface area contributed by atoms with E-state index in [-0.39, 0.29) is 10.8 Å². The van der Waals surface area contributed by atoms with E-state index in [1.165, 1.54) is 6.07 Å². The fraction of sp³-hybridized carbons (Fsp3) is 0.429. The molecule has 3 rings (SSSR count). The Balaban J connectivity index is 1.93. The van der Waals surface area contributed by atoms with Crippen LogP contribution in [0.25, 0.3) is 0 Å². The minimum atomic E-state index is -3.64. The average molecular weight is 402 g/mol. The molecule has 1 aliphatic rings. The highest BCUT2D eigenvalue weighted by atomic mass is 32.2. The standard InChI is InChI=1S/C21H27N3O3S/c1-14-6-9-24(10-7-14)28(26,27)19-13-18(12-16(3)17(19)4)21(25)23-20-11-15(2)5-8-22-20/h5,8,11-14H,6-7,9-10H2,1-4H3,(H,22,23,25). The van der Waals surface area contributed by atoms with Gasteiger partial charge in [0.05, 0.1) is 4.90 Å². The van der Waals surface area contributed by atoms with Crippen molar-refractivity contribution in [2.75, 3.05) is 18.4 Å². The van der Waals surface area contributed by atoms with Crippen LogP contribution in [-0.2, 0) is 10.0 Å². The monoisotopic (exact) mass is 401 g/mol. The second kappa shape index (κ2) is 8.01. The Morgan fingerprint density at radius 2 is 1.82 bits per heavy atom. The quantitative estimate of drug-likeness (QED) is 0.848. The molecule has 2 aromatic rings. The molecule has 1 aromatic carbocycles. The molecule has 1 N–H and O–H groups in total. The van der Waals surface area contributed by atoms with E-state index in [0.29, 0.717) is 36.0 Å². The number of pyridine rings is 1. The number of sulfonamides is 1. The van der Waals surface area contributed by atoms with Gasteiger partial charge in [0.15, 0.2) is 0 Å². The maximum Gasteiger partial charge on any atom is 0.256 e. The molecule has 150 valence electrons. The zero-order valence-electron chi connectivity index (χ0n) is 16.8. The zero-order valence-corrected chi connectivity index (χ0v) is 17.6. The highest BCUT2D eigenvalue weighted by Gasteiger charge is 2.30. The number of aryl methyl sites for hydroxylation is 2. The third kappa shape index (κ3) is 4.25. The van der Waals surface area contributed by atoms with Crippen molar-refractivity contribution in [1.29, 1.82) is 0 Å². The molecule has 0 atom stereocenters. The van der Waals surface area contributed by atoms with E-state index in [0.717, 1.165) is 24.0 Å². The normalized spacial score (nSPS) is 16.1. The molecule has 1 saturated heterocycles. The minimum absolute atomic E-state index is 0.212. The van der Waals surface area contributed by atoms with Gasteiger partial charge in [-0.25, -0.2) is 13.4 Å². The number of anilines is 1. The van der Waals surface area contributed by atoms with Gasteiger partial charge >= 0.3 is 0 Å². The molecular formula is C21H27N3O3S. The van der Waals surface area contributed by atoms with Crippen molar-refractivity contribution >= 4 is 21.7 Å². The Kier molecular flexibility index (Phi) is 5.86. The summed E-state index contributed by atoms with van der Waals surface area (Å²) in [5, 5.41) is 2.75. The van der Waals surface area contributed by atoms with Gasteiger partial charge in [0, 0.05) is 24.8 Å². The summed E-state index contributed by atoms with van der Waals surface area (Å²) in [6, 6.07) is 6.82. The SMILES string of the molecule is Cc1ccnc(NC(=O)c2cc(C)c(C)c(S(=O)(=O)N3CCC(C)CC3)c2)c1. The molecule has 0 bridgehead atoms. The van der Waals surface area contributed by atoms with Crippen LogP contribution in [0.5, 0.6) is 0 Å². The van der Waals surface area contributed by atoms with Crippen LogP contribution in [0.15, 0.2) is 35.4 Å². The predicted octanol–water partition coefficient (Wildman–Crippen LogP) is 3.68. The number of nitrogens with one attached hydrogen (secondary N) is 1. The molecule has 2 heterocycles. The molecule has 7 heteroatoms. The molecule has 1 amide bonds. The summed E-state index contributed by atoms with van der Waals surface area (Å²) in [7, 11) is -3.64. The van der Waals surface area contributed by atoms with Crippen LogP contribution in [0.2, 0.25) is 0 Å². The topological polar surface area (TPSA) is 79.4 Å². The third-order valence-corrected chi connectivity index (χ3v) is 7.42. The van der Waals surface area contributed by atoms with Gasteiger partial charge in [-0.2, -0.15) is 4.31 Å². The van der Waals surface area contributed by atoms with Crippen LogP contribution in [0.3, 0.4) is 0 Å². The first-order valence-corrected chi connectivity index (χ1v) is 11.0. The van der Waals surface area contributed by atoms with E-state index < -0.39 is 10.0 Å². The average Bonchev–Trinajstić information content (AvgIpc) is 2.64. The first-order chi connectivity index (χ1) is 13.2. The molecule has 0 radical (unpaired) electrons. The van der Waals surface area contributed by atoms with Crippen molar-refractivity contribution in [2.24, 2.45) is 5.92 Å². The number of rotatable bonds is 4. The molecular weight excluding hydrogens is 374 g/mol. The first-order valence-electron chi connectivity index (χ1n) is 9.54. The van der Waals surface area contributed by atoms with Gasteiger partial charge in [0.2, 0.25) is 10.0 Å². The molecule has 28 heavy (non-hydrogen) atoms. The number of benzene rings is 1. The Morgan fingerprint density at radius 1 is 1.14 bits per heavy atom. The van der Waals surface area contributed by atoms with E-state index >= 15 is 0 Å². The van der Waals surface area contributed by atoms with Gasteiger partial charge in [-0.3, -0.25) is 4.79 Å². The number of piperidine rings is 1. The largest absolute Gasteiger partial charge is 0.307 e. The van der Waals surface area contributed by atoms with Crippen LogP contribution in [0, 0.1) is 26.7 Å². The van der Waals surface area contributed by atoms with Crippen LogP contribution in [0.4, 0.5) is 5.82 Å². The van der Waals surface area contributed by atoms with E-state index in [4.69, 9.17) is 0 Å². The second-order valence-corrected chi connectivity index (χ2v) is 9.58. The van der Waals surface area contributed by atoms with Crippen LogP contribution < -0.4 is 5.32 Å². The Labute approximate surface area is 167 Å². The summed E-state index contributed by atoms with van der Waals surface area (Å²) in [4.78, 5) is 17.1. The summed E-state index contributed by atoms with van der Waals surface area (Å²) < 4.78 is 28.0. The highest BCUT2D eigenvalue weighted by Crippen LogP contribution is 2.28. The van der Waals surface area contributed by atoms with Crippen molar-refractivity contribution in [2.45, 2.75) is 45.4 Å². The van der Waals surface area contributed by atoms with E-state index in [1.54, 1.807) is 29.6 Å². The van der Waals surface area contributed by atoms with Gasteiger partial charge in [0.25, 0.3) is 5.91 Å². The van der Waals surface area contributed by atoms with Crippen LogP contribution in [0.1, 0.15) is 46.8 Å². The molecule has 0 aliphatic carbocycles. The van der Waals surface area contributed by atoms with Gasteiger partial charge in [0.1, 0.15) is 5.82 Å². The summed E-state index contributed by atoms with van der Waals surface area (Å²) in [5.41, 5.74) is 2.75. The van der Waals surface area contributed by atoms with Crippen LogP contribution in [-0.4, -0.2) is 36.7 Å². The Bertz CT molecular complexity index is 994. The number of nitrogens with zero attached hydrogens (tertiary/aromatic N) is 2. The third-order valence-electron chi connectivity index (χ3n) is 5.40. The fourth-order valence-corrected chi connectivity index (χ4v) is 5.18. The number of carbonyl (C=O) groups excluding carboxylic acids is 1. The lowest BCUT2D eigenvalue weighted by Gasteiger charge is -2.30. The zero-order chi connectivity index (χ0) is 20.5. The molecule has 6 nitrogen and oxygen atoms in total. The van der Waals surface area contributed by atoms with E-state index in [2.05, 4.69) is 17.2 Å². The molecule has 1 fully saturated rings. The van der Waals surface area contributed by atoms with E-state index in [9.17, 15) is 13.2 Å². The number of hydrogen-bond donors (Lipinski definition) is 1. The van der Waals surface area contributed by atoms with Gasteiger partial charge in [-0.1, -0.05) is 6.92 Å². The van der Waals surface area contributed by atoms with Gasteiger partial charge in [-0.05, 0) is 80.5 Å². The van der Waals surface area contributed by atoms with Crippen molar-refractivity contribution < 1.29 is 13.2 Å². The first kappa shape index (κ1) is 20.5. The lowest BCUT2D eigenvalue weighted by molar-refractivity contribution is 0.102. The lowest BCUT2D eigenvalue weighted by atomic mass is 10.0. The van der Waals surface area contributed by atoms with Gasteiger partial charge < -0.3 is 5.32 Å². The smallest absolute Gasteiger partial charge is 0.256 e. The number of hydrogen-bond acceptors (Lipinski definition) is 4. The minimum Gasteiger partial charge on any atom is -0.307 e. The van der Waals surface area contributed by atoms with Gasteiger partial charge in [-0.15, -0.1) is 0 Å². The number of amides is 1. The van der Waals surface area contributed by atoms with Crippen molar-refractivity contribution in [3.63, 3.8) is 0 Å². The molecule has 0 unspecified atom stereocenters. The Hall–Kier alpha value is -2.25. The molecule has 0 saturated carbocycles. The molecule has 1 aromatic heterocycles. The summed E-state index contributed by atoms with van der Waals surface area (Å²) in [6.07, 6.45) is 3.34.